The van der Waals surface area contributed by atoms with Gasteiger partial charge < -0.3 is 9.47 Å². The van der Waals surface area contributed by atoms with Gasteiger partial charge in [-0.05, 0) is 64.5 Å². The number of hydrogen-bond donors (Lipinski definition) is 0. The number of thioether (sulfide) groups is 1. The first-order valence-electron chi connectivity index (χ1n) is 9.25. The van der Waals surface area contributed by atoms with Crippen molar-refractivity contribution in [2.24, 2.45) is 0 Å². The molecule has 1 saturated heterocycles. The molecule has 3 aromatic rings. The molecular weight excluding hydrogens is 457 g/mol. The molecule has 5 nitrogen and oxygen atoms in total. The zero-order valence-electron chi connectivity index (χ0n) is 16.6. The second kappa shape index (κ2) is 8.83. The minimum atomic E-state index is -0.386. The Morgan fingerprint density at radius 3 is 2.48 bits per heavy atom. The standard InChI is InChI=1S/C23H17Cl2NO4S/c1-29-16-7-4-13-5-8-20(30-2)18(17(13)10-16)11-21-22(27)26(23(28)31-21)12-14-3-6-15(24)9-19(14)25/h3-11H,12H2,1-2H3/b21-11-. The Kier molecular flexibility index (Phi) is 6.14. The van der Waals surface area contributed by atoms with Crippen LogP contribution in [-0.2, 0) is 11.3 Å². The molecule has 8 heteroatoms. The van der Waals surface area contributed by atoms with Gasteiger partial charge in [-0.3, -0.25) is 14.5 Å². The van der Waals surface area contributed by atoms with E-state index in [-0.39, 0.29) is 17.7 Å². The van der Waals surface area contributed by atoms with Crippen molar-refractivity contribution >= 4 is 63.0 Å². The predicted molar refractivity (Wildman–Crippen MR) is 125 cm³/mol. The van der Waals surface area contributed by atoms with E-state index in [4.69, 9.17) is 32.7 Å². The molecule has 31 heavy (non-hydrogen) atoms. The Labute approximate surface area is 193 Å². The number of imide groups is 1. The van der Waals surface area contributed by atoms with Crippen LogP contribution in [0.15, 0.2) is 53.4 Å². The maximum absolute atomic E-state index is 13.0. The highest BCUT2D eigenvalue weighted by Crippen LogP contribution is 2.38. The molecule has 1 heterocycles. The van der Waals surface area contributed by atoms with Crippen LogP contribution in [0, 0.1) is 0 Å². The lowest BCUT2D eigenvalue weighted by Gasteiger charge is -2.14. The van der Waals surface area contributed by atoms with E-state index in [2.05, 4.69) is 0 Å². The largest absolute Gasteiger partial charge is 0.497 e. The van der Waals surface area contributed by atoms with Gasteiger partial charge in [0.05, 0.1) is 25.7 Å². The molecule has 4 rings (SSSR count). The van der Waals surface area contributed by atoms with Crippen molar-refractivity contribution in [3.05, 3.63) is 74.6 Å². The third kappa shape index (κ3) is 4.24. The molecule has 2 amide bonds. The van der Waals surface area contributed by atoms with Gasteiger partial charge in [0.2, 0.25) is 0 Å². The van der Waals surface area contributed by atoms with Crippen LogP contribution >= 0.6 is 35.0 Å². The molecule has 0 N–H and O–H groups in total. The number of hydrogen-bond acceptors (Lipinski definition) is 5. The topological polar surface area (TPSA) is 55.8 Å². The molecule has 0 radical (unpaired) electrons. The number of ether oxygens (including phenoxy) is 2. The molecule has 1 aliphatic rings. The highest BCUT2D eigenvalue weighted by atomic mass is 35.5. The number of halogens is 2. The Balaban J connectivity index is 1.73. The van der Waals surface area contributed by atoms with Crippen molar-refractivity contribution in [1.29, 1.82) is 0 Å². The van der Waals surface area contributed by atoms with Crippen molar-refractivity contribution in [3.8, 4) is 11.5 Å². The summed E-state index contributed by atoms with van der Waals surface area (Å²) in [6, 6.07) is 14.4. The summed E-state index contributed by atoms with van der Waals surface area (Å²) in [5, 5.41) is 2.34. The van der Waals surface area contributed by atoms with Gasteiger partial charge in [0.15, 0.2) is 0 Å². The van der Waals surface area contributed by atoms with Crippen molar-refractivity contribution in [1.82, 2.24) is 4.90 Å². The van der Waals surface area contributed by atoms with E-state index in [1.807, 2.05) is 30.3 Å². The van der Waals surface area contributed by atoms with Crippen molar-refractivity contribution < 1.29 is 19.1 Å². The van der Waals surface area contributed by atoms with Crippen LogP contribution in [0.25, 0.3) is 16.8 Å². The van der Waals surface area contributed by atoms with Gasteiger partial charge in [-0.2, -0.15) is 0 Å². The number of nitrogens with zero attached hydrogens (tertiary/aromatic N) is 1. The fraction of sp³-hybridized carbons (Fsp3) is 0.130. The number of amides is 2. The van der Waals surface area contributed by atoms with Crippen LogP contribution in [0.4, 0.5) is 4.79 Å². The first kappa shape index (κ1) is 21.6. The van der Waals surface area contributed by atoms with Crippen LogP contribution in [-0.4, -0.2) is 30.3 Å². The highest BCUT2D eigenvalue weighted by Gasteiger charge is 2.35. The third-order valence-electron chi connectivity index (χ3n) is 4.94. The molecule has 0 aromatic heterocycles. The normalized spacial score (nSPS) is 15.2. The van der Waals surface area contributed by atoms with Crippen LogP contribution in [0.2, 0.25) is 10.0 Å². The minimum absolute atomic E-state index is 0.0680. The lowest BCUT2D eigenvalue weighted by atomic mass is 10.0. The van der Waals surface area contributed by atoms with E-state index in [0.717, 1.165) is 22.5 Å². The van der Waals surface area contributed by atoms with Crippen molar-refractivity contribution in [3.63, 3.8) is 0 Å². The zero-order chi connectivity index (χ0) is 22.1. The fourth-order valence-corrected chi connectivity index (χ4v) is 4.63. The van der Waals surface area contributed by atoms with E-state index in [0.29, 0.717) is 37.6 Å². The molecule has 0 bridgehead atoms. The van der Waals surface area contributed by atoms with E-state index >= 15 is 0 Å². The summed E-state index contributed by atoms with van der Waals surface area (Å²) in [4.78, 5) is 27.1. The summed E-state index contributed by atoms with van der Waals surface area (Å²) in [6.45, 7) is 0.0680. The van der Waals surface area contributed by atoms with Gasteiger partial charge in [0.25, 0.3) is 11.1 Å². The number of rotatable bonds is 5. The van der Waals surface area contributed by atoms with E-state index in [9.17, 15) is 9.59 Å². The quantitative estimate of drug-likeness (QED) is 0.401. The Morgan fingerprint density at radius 2 is 1.77 bits per heavy atom. The SMILES string of the molecule is COc1ccc2ccc(OC)c(/C=C3\SC(=O)N(Cc4ccc(Cl)cc4Cl)C3=O)c2c1. The zero-order valence-corrected chi connectivity index (χ0v) is 19.0. The minimum Gasteiger partial charge on any atom is -0.497 e. The molecule has 0 atom stereocenters. The first-order chi connectivity index (χ1) is 14.9. The molecule has 1 fully saturated rings. The molecule has 158 valence electrons. The van der Waals surface area contributed by atoms with Gasteiger partial charge in [-0.25, -0.2) is 0 Å². The van der Waals surface area contributed by atoms with Crippen LogP contribution < -0.4 is 9.47 Å². The first-order valence-corrected chi connectivity index (χ1v) is 10.8. The average Bonchev–Trinajstić information content (AvgIpc) is 3.02. The van der Waals surface area contributed by atoms with E-state index < -0.39 is 0 Å². The van der Waals surface area contributed by atoms with Crippen molar-refractivity contribution in [2.75, 3.05) is 14.2 Å². The predicted octanol–water partition coefficient (Wildman–Crippen LogP) is 6.40. The lowest BCUT2D eigenvalue weighted by molar-refractivity contribution is -0.123. The van der Waals surface area contributed by atoms with Gasteiger partial charge >= 0.3 is 0 Å². The van der Waals surface area contributed by atoms with E-state index in [1.54, 1.807) is 38.5 Å². The molecule has 0 spiro atoms. The Bertz CT molecular complexity index is 1240. The summed E-state index contributed by atoms with van der Waals surface area (Å²) in [5.74, 6) is 0.886. The van der Waals surface area contributed by atoms with E-state index in [1.165, 1.54) is 4.90 Å². The number of fused-ring (bicyclic) bond motifs is 1. The third-order valence-corrected chi connectivity index (χ3v) is 6.44. The molecule has 0 aliphatic carbocycles. The van der Waals surface area contributed by atoms with Crippen molar-refractivity contribution in [2.45, 2.75) is 6.54 Å². The maximum Gasteiger partial charge on any atom is 0.293 e. The number of carbonyl (C=O) groups excluding carboxylic acids is 2. The molecular formula is C23H17Cl2NO4S. The molecule has 3 aromatic carbocycles. The number of methoxy groups -OCH3 is 2. The number of carbonyl (C=O) groups is 2. The Hall–Kier alpha value is -2.67. The summed E-state index contributed by atoms with van der Waals surface area (Å²) >= 11 is 13.0. The Morgan fingerprint density at radius 1 is 1.00 bits per heavy atom. The van der Waals surface area contributed by atoms with Crippen LogP contribution in [0.3, 0.4) is 0 Å². The molecule has 0 unspecified atom stereocenters. The smallest absolute Gasteiger partial charge is 0.293 e. The summed E-state index contributed by atoms with van der Waals surface area (Å²) in [6.07, 6.45) is 1.69. The highest BCUT2D eigenvalue weighted by molar-refractivity contribution is 8.18. The van der Waals surface area contributed by atoms with Gasteiger partial charge in [0.1, 0.15) is 11.5 Å². The maximum atomic E-state index is 13.0. The fourth-order valence-electron chi connectivity index (χ4n) is 3.34. The summed E-state index contributed by atoms with van der Waals surface area (Å²) in [7, 11) is 3.15. The van der Waals surface area contributed by atoms with Crippen LogP contribution in [0.5, 0.6) is 11.5 Å². The molecule has 0 saturated carbocycles. The van der Waals surface area contributed by atoms with Gasteiger partial charge in [-0.1, -0.05) is 41.4 Å². The average molecular weight is 474 g/mol. The summed E-state index contributed by atoms with van der Waals surface area (Å²) in [5.41, 5.74) is 1.34. The monoisotopic (exact) mass is 473 g/mol. The summed E-state index contributed by atoms with van der Waals surface area (Å²) < 4.78 is 10.9. The van der Waals surface area contributed by atoms with Gasteiger partial charge in [-0.15, -0.1) is 0 Å². The number of benzene rings is 3. The second-order valence-corrected chi connectivity index (χ2v) is 8.61. The molecule has 1 aliphatic heterocycles. The second-order valence-electron chi connectivity index (χ2n) is 6.77. The lowest BCUT2D eigenvalue weighted by Crippen LogP contribution is -2.27. The van der Waals surface area contributed by atoms with Gasteiger partial charge in [0, 0.05) is 15.6 Å². The van der Waals surface area contributed by atoms with Crippen LogP contribution in [0.1, 0.15) is 11.1 Å².